The molecular formula is C18H16FNO. The Bertz CT molecular complexity index is 780. The topological polar surface area (TPSA) is 35.2 Å². The Kier molecular flexibility index (Phi) is 3.59. The first-order valence-corrected chi connectivity index (χ1v) is 6.77. The van der Waals surface area contributed by atoms with Gasteiger partial charge in [-0.3, -0.25) is 0 Å². The van der Waals surface area contributed by atoms with Crippen molar-refractivity contribution in [3.63, 3.8) is 0 Å². The van der Waals surface area contributed by atoms with Crippen LogP contribution in [0.4, 0.5) is 4.39 Å². The molecule has 0 spiro atoms. The van der Waals surface area contributed by atoms with Crippen molar-refractivity contribution in [3.8, 4) is 5.75 Å². The van der Waals surface area contributed by atoms with E-state index in [4.69, 9.17) is 10.5 Å². The predicted molar refractivity (Wildman–Crippen MR) is 82.9 cm³/mol. The lowest BCUT2D eigenvalue weighted by Crippen LogP contribution is -2.12. The highest BCUT2D eigenvalue weighted by molar-refractivity contribution is 5.86. The van der Waals surface area contributed by atoms with Gasteiger partial charge in [-0.05, 0) is 34.0 Å². The van der Waals surface area contributed by atoms with Crippen LogP contribution in [0.25, 0.3) is 10.8 Å². The van der Waals surface area contributed by atoms with Crippen LogP contribution in [0.3, 0.4) is 0 Å². The number of benzene rings is 3. The zero-order valence-electron chi connectivity index (χ0n) is 11.7. The molecule has 3 aromatic carbocycles. The minimum atomic E-state index is -0.398. The normalized spacial score (nSPS) is 12.3. The second-order valence-corrected chi connectivity index (χ2v) is 4.94. The Morgan fingerprint density at radius 1 is 1.00 bits per heavy atom. The number of hydrogen-bond acceptors (Lipinski definition) is 2. The minimum absolute atomic E-state index is 0.226. The second kappa shape index (κ2) is 5.54. The maximum absolute atomic E-state index is 13.9. The molecule has 0 aliphatic heterocycles. The molecule has 0 saturated carbocycles. The third-order valence-corrected chi connectivity index (χ3v) is 3.69. The number of nitrogens with two attached hydrogens (primary N) is 1. The van der Waals surface area contributed by atoms with Crippen LogP contribution in [0.2, 0.25) is 0 Å². The average molecular weight is 281 g/mol. The Labute approximate surface area is 123 Å². The summed E-state index contributed by atoms with van der Waals surface area (Å²) in [6.07, 6.45) is 0. The Hall–Kier alpha value is -2.39. The monoisotopic (exact) mass is 281 g/mol. The van der Waals surface area contributed by atoms with Crippen LogP contribution in [0.15, 0.2) is 60.7 Å². The molecule has 2 nitrogen and oxygen atoms in total. The summed E-state index contributed by atoms with van der Waals surface area (Å²) < 4.78 is 18.8. The highest BCUT2D eigenvalue weighted by Crippen LogP contribution is 2.29. The summed E-state index contributed by atoms with van der Waals surface area (Å²) in [5.41, 5.74) is 8.05. The van der Waals surface area contributed by atoms with Gasteiger partial charge in [0.2, 0.25) is 0 Å². The molecule has 21 heavy (non-hydrogen) atoms. The Morgan fingerprint density at radius 2 is 1.76 bits per heavy atom. The van der Waals surface area contributed by atoms with Crippen molar-refractivity contribution < 1.29 is 9.13 Å². The van der Waals surface area contributed by atoms with E-state index in [1.54, 1.807) is 12.1 Å². The number of halogens is 1. The van der Waals surface area contributed by atoms with Crippen molar-refractivity contribution in [1.29, 1.82) is 0 Å². The van der Waals surface area contributed by atoms with Gasteiger partial charge in [0.1, 0.15) is 0 Å². The highest BCUT2D eigenvalue weighted by atomic mass is 19.1. The lowest BCUT2D eigenvalue weighted by molar-refractivity contribution is 0.386. The van der Waals surface area contributed by atoms with Crippen LogP contribution in [0, 0.1) is 5.82 Å². The molecule has 3 rings (SSSR count). The molecule has 1 atom stereocenters. The quantitative estimate of drug-likeness (QED) is 0.786. The van der Waals surface area contributed by atoms with E-state index in [1.165, 1.54) is 13.2 Å². The lowest BCUT2D eigenvalue weighted by atomic mass is 9.94. The Balaban J connectivity index is 2.08. The maximum Gasteiger partial charge on any atom is 0.165 e. The summed E-state index contributed by atoms with van der Waals surface area (Å²) >= 11 is 0. The summed E-state index contributed by atoms with van der Waals surface area (Å²) in [4.78, 5) is 0. The van der Waals surface area contributed by atoms with Gasteiger partial charge in [-0.1, -0.05) is 48.5 Å². The van der Waals surface area contributed by atoms with Crippen molar-refractivity contribution in [2.24, 2.45) is 5.73 Å². The van der Waals surface area contributed by atoms with Gasteiger partial charge >= 0.3 is 0 Å². The molecule has 0 aliphatic rings. The van der Waals surface area contributed by atoms with Crippen LogP contribution >= 0.6 is 0 Å². The van der Waals surface area contributed by atoms with E-state index >= 15 is 0 Å². The molecule has 2 N–H and O–H groups in total. The van der Waals surface area contributed by atoms with Gasteiger partial charge in [-0.2, -0.15) is 0 Å². The van der Waals surface area contributed by atoms with Crippen LogP contribution < -0.4 is 10.5 Å². The number of ether oxygens (including phenoxy) is 1. The first-order valence-electron chi connectivity index (χ1n) is 6.77. The molecule has 0 fully saturated rings. The van der Waals surface area contributed by atoms with E-state index in [9.17, 15) is 4.39 Å². The molecule has 0 amide bonds. The summed E-state index contributed by atoms with van der Waals surface area (Å²) in [6.45, 7) is 0. The summed E-state index contributed by atoms with van der Waals surface area (Å²) in [7, 11) is 1.45. The lowest BCUT2D eigenvalue weighted by Gasteiger charge is -2.16. The average Bonchev–Trinajstić information content (AvgIpc) is 2.53. The van der Waals surface area contributed by atoms with Gasteiger partial charge in [0.25, 0.3) is 0 Å². The molecule has 3 heteroatoms. The third-order valence-electron chi connectivity index (χ3n) is 3.69. The number of methoxy groups -OCH3 is 1. The van der Waals surface area contributed by atoms with E-state index < -0.39 is 5.82 Å². The Morgan fingerprint density at radius 3 is 2.52 bits per heavy atom. The zero-order valence-corrected chi connectivity index (χ0v) is 11.7. The number of fused-ring (bicyclic) bond motifs is 1. The van der Waals surface area contributed by atoms with Crippen LogP contribution in [-0.4, -0.2) is 7.11 Å². The van der Waals surface area contributed by atoms with Crippen molar-refractivity contribution in [1.82, 2.24) is 0 Å². The maximum atomic E-state index is 13.9. The SMILES string of the molecule is COc1ccc(C(N)c2cccc3ccccc23)cc1F. The molecule has 0 radical (unpaired) electrons. The smallest absolute Gasteiger partial charge is 0.165 e. The summed E-state index contributed by atoms with van der Waals surface area (Å²) in [5.74, 6) is -0.172. The molecule has 0 heterocycles. The van der Waals surface area contributed by atoms with Crippen molar-refractivity contribution >= 4 is 10.8 Å². The molecule has 0 aromatic heterocycles. The standard InChI is InChI=1S/C18H16FNO/c1-21-17-10-9-13(11-16(17)19)18(20)15-8-4-6-12-5-2-3-7-14(12)15/h2-11,18H,20H2,1H3. The predicted octanol–water partition coefficient (Wildman–Crippen LogP) is 4.04. The molecule has 106 valence electrons. The van der Waals surface area contributed by atoms with Crippen molar-refractivity contribution in [3.05, 3.63) is 77.6 Å². The van der Waals surface area contributed by atoms with Crippen LogP contribution in [0.5, 0.6) is 5.75 Å². The van der Waals surface area contributed by atoms with Gasteiger partial charge < -0.3 is 10.5 Å². The van der Waals surface area contributed by atoms with Gasteiger partial charge in [0, 0.05) is 0 Å². The van der Waals surface area contributed by atoms with Gasteiger partial charge in [-0.25, -0.2) is 4.39 Å². The molecule has 0 saturated heterocycles. The third kappa shape index (κ3) is 2.48. The first kappa shape index (κ1) is 13.6. The van der Waals surface area contributed by atoms with Gasteiger partial charge in [0.05, 0.1) is 13.2 Å². The van der Waals surface area contributed by atoms with E-state index in [-0.39, 0.29) is 11.8 Å². The minimum Gasteiger partial charge on any atom is -0.494 e. The number of rotatable bonds is 3. The molecule has 1 unspecified atom stereocenters. The van der Waals surface area contributed by atoms with E-state index in [2.05, 4.69) is 0 Å². The van der Waals surface area contributed by atoms with E-state index in [1.807, 2.05) is 42.5 Å². The fourth-order valence-corrected chi connectivity index (χ4v) is 2.58. The highest BCUT2D eigenvalue weighted by Gasteiger charge is 2.14. The fraction of sp³-hybridized carbons (Fsp3) is 0.111. The van der Waals surface area contributed by atoms with Crippen molar-refractivity contribution in [2.75, 3.05) is 7.11 Å². The summed E-state index contributed by atoms with van der Waals surface area (Å²) in [5, 5.41) is 2.21. The number of hydrogen-bond donors (Lipinski definition) is 1. The van der Waals surface area contributed by atoms with E-state index in [0.717, 1.165) is 21.9 Å². The van der Waals surface area contributed by atoms with Crippen LogP contribution in [0.1, 0.15) is 17.2 Å². The van der Waals surface area contributed by atoms with E-state index in [0.29, 0.717) is 0 Å². The van der Waals surface area contributed by atoms with Crippen molar-refractivity contribution in [2.45, 2.75) is 6.04 Å². The van der Waals surface area contributed by atoms with Gasteiger partial charge in [-0.15, -0.1) is 0 Å². The summed E-state index contributed by atoms with van der Waals surface area (Å²) in [6, 6.07) is 18.5. The largest absolute Gasteiger partial charge is 0.494 e. The molecule has 0 aliphatic carbocycles. The first-order chi connectivity index (χ1) is 10.2. The fourth-order valence-electron chi connectivity index (χ4n) is 2.58. The van der Waals surface area contributed by atoms with Crippen LogP contribution in [-0.2, 0) is 0 Å². The molecule has 0 bridgehead atoms. The second-order valence-electron chi connectivity index (χ2n) is 4.94. The molecule has 3 aromatic rings. The molecular weight excluding hydrogens is 265 g/mol. The van der Waals surface area contributed by atoms with Gasteiger partial charge in [0.15, 0.2) is 11.6 Å². The zero-order chi connectivity index (χ0) is 14.8.